The number of aromatic nitrogens is 4. The Morgan fingerprint density at radius 3 is 2.95 bits per heavy atom. The van der Waals surface area contributed by atoms with Crippen molar-refractivity contribution >= 4 is 23.1 Å². The zero-order valence-corrected chi connectivity index (χ0v) is 12.6. The molecule has 0 spiro atoms. The van der Waals surface area contributed by atoms with Crippen molar-refractivity contribution in [1.82, 2.24) is 19.7 Å². The van der Waals surface area contributed by atoms with Crippen LogP contribution >= 0.6 is 23.1 Å². The lowest BCUT2D eigenvalue weighted by Crippen LogP contribution is -1.95. The number of nitriles is 1. The fraction of sp³-hybridized carbons (Fsp3) is 0.143. The van der Waals surface area contributed by atoms with Crippen molar-refractivity contribution in [2.45, 2.75) is 17.3 Å². The lowest BCUT2D eigenvalue weighted by molar-refractivity contribution is 0.883. The van der Waals surface area contributed by atoms with Crippen molar-refractivity contribution in [3.63, 3.8) is 0 Å². The van der Waals surface area contributed by atoms with Crippen molar-refractivity contribution in [2.75, 3.05) is 0 Å². The molecule has 0 atom stereocenters. The lowest BCUT2D eigenvalue weighted by atomic mass is 10.3. The summed E-state index contributed by atoms with van der Waals surface area (Å²) in [5.41, 5.74) is 2.01. The summed E-state index contributed by atoms with van der Waals surface area (Å²) < 4.78 is 1.95. The summed E-state index contributed by atoms with van der Waals surface area (Å²) in [6.07, 6.45) is 2.08. The number of thiazole rings is 1. The van der Waals surface area contributed by atoms with Gasteiger partial charge in [-0.15, -0.1) is 21.5 Å². The van der Waals surface area contributed by atoms with Gasteiger partial charge in [0.25, 0.3) is 0 Å². The van der Waals surface area contributed by atoms with E-state index in [0.717, 1.165) is 21.5 Å². The molecule has 2 heterocycles. The maximum Gasteiger partial charge on any atom is 0.195 e. The van der Waals surface area contributed by atoms with Crippen LogP contribution in [0.2, 0.25) is 0 Å². The average molecular weight is 313 g/mol. The van der Waals surface area contributed by atoms with Crippen LogP contribution in [-0.4, -0.2) is 19.7 Å². The molecule has 5 nitrogen and oxygen atoms in total. The SMILES string of the molecule is N#CCc1nc(CSc2nncn2-c2ccccc2)cs1. The maximum atomic E-state index is 8.66. The van der Waals surface area contributed by atoms with Crippen molar-refractivity contribution in [2.24, 2.45) is 0 Å². The van der Waals surface area contributed by atoms with E-state index in [1.807, 2.05) is 40.3 Å². The highest BCUT2D eigenvalue weighted by Gasteiger charge is 2.09. The molecule has 21 heavy (non-hydrogen) atoms. The average Bonchev–Trinajstić information content (AvgIpc) is 3.15. The zero-order chi connectivity index (χ0) is 14.5. The van der Waals surface area contributed by atoms with Gasteiger partial charge >= 0.3 is 0 Å². The van der Waals surface area contributed by atoms with Crippen molar-refractivity contribution in [3.8, 4) is 11.8 Å². The highest BCUT2D eigenvalue weighted by atomic mass is 32.2. The Balaban J connectivity index is 1.71. The van der Waals surface area contributed by atoms with E-state index < -0.39 is 0 Å². The number of nitrogens with zero attached hydrogens (tertiary/aromatic N) is 5. The predicted octanol–water partition coefficient (Wildman–Crippen LogP) is 3.08. The first-order valence-electron chi connectivity index (χ1n) is 6.25. The first-order valence-corrected chi connectivity index (χ1v) is 8.12. The second-order valence-electron chi connectivity index (χ2n) is 4.18. The molecule has 0 unspecified atom stereocenters. The van der Waals surface area contributed by atoms with Gasteiger partial charge in [0, 0.05) is 16.8 Å². The molecule has 0 saturated carbocycles. The molecule has 1 aromatic carbocycles. The largest absolute Gasteiger partial charge is 0.277 e. The van der Waals surface area contributed by atoms with Gasteiger partial charge in [-0.3, -0.25) is 4.57 Å². The third kappa shape index (κ3) is 3.29. The molecule has 7 heteroatoms. The number of hydrogen-bond acceptors (Lipinski definition) is 6. The first kappa shape index (κ1) is 13.8. The molecule has 0 bridgehead atoms. The number of thioether (sulfide) groups is 1. The molecule has 0 N–H and O–H groups in total. The van der Waals surface area contributed by atoms with E-state index in [-0.39, 0.29) is 0 Å². The predicted molar refractivity (Wildman–Crippen MR) is 82.4 cm³/mol. The van der Waals surface area contributed by atoms with Crippen LogP contribution in [0.15, 0.2) is 47.2 Å². The van der Waals surface area contributed by atoms with Crippen LogP contribution < -0.4 is 0 Å². The van der Waals surface area contributed by atoms with E-state index in [1.165, 1.54) is 11.3 Å². The molecule has 0 radical (unpaired) electrons. The van der Waals surface area contributed by atoms with Gasteiger partial charge in [-0.25, -0.2) is 4.98 Å². The molecule has 0 amide bonds. The molecule has 0 aliphatic carbocycles. The maximum absolute atomic E-state index is 8.66. The summed E-state index contributed by atoms with van der Waals surface area (Å²) in [4.78, 5) is 4.42. The Labute approximate surface area is 130 Å². The Morgan fingerprint density at radius 2 is 2.14 bits per heavy atom. The zero-order valence-electron chi connectivity index (χ0n) is 11.0. The number of para-hydroxylation sites is 1. The number of rotatable bonds is 5. The lowest BCUT2D eigenvalue weighted by Gasteiger charge is -2.04. The molecule has 0 aliphatic heterocycles. The second-order valence-corrected chi connectivity index (χ2v) is 6.06. The van der Waals surface area contributed by atoms with Crippen LogP contribution in [0.5, 0.6) is 0 Å². The third-order valence-electron chi connectivity index (χ3n) is 2.73. The van der Waals surface area contributed by atoms with Crippen molar-refractivity contribution in [3.05, 3.63) is 52.7 Å². The first-order chi connectivity index (χ1) is 10.4. The van der Waals surface area contributed by atoms with Gasteiger partial charge in [0.2, 0.25) is 0 Å². The molecule has 3 aromatic rings. The van der Waals surface area contributed by atoms with Gasteiger partial charge < -0.3 is 0 Å². The van der Waals surface area contributed by atoms with Gasteiger partial charge in [-0.2, -0.15) is 5.26 Å². The van der Waals surface area contributed by atoms with Crippen LogP contribution in [0, 0.1) is 11.3 Å². The van der Waals surface area contributed by atoms with Gasteiger partial charge in [0.1, 0.15) is 11.3 Å². The van der Waals surface area contributed by atoms with Crippen LogP contribution in [0.25, 0.3) is 5.69 Å². The fourth-order valence-electron chi connectivity index (χ4n) is 1.79. The summed E-state index contributed by atoms with van der Waals surface area (Å²) >= 11 is 3.11. The minimum absolute atomic E-state index is 0.371. The van der Waals surface area contributed by atoms with Crippen LogP contribution in [0.1, 0.15) is 10.7 Å². The van der Waals surface area contributed by atoms with E-state index >= 15 is 0 Å². The van der Waals surface area contributed by atoms with E-state index in [2.05, 4.69) is 21.3 Å². The van der Waals surface area contributed by atoms with E-state index in [1.54, 1.807) is 18.1 Å². The van der Waals surface area contributed by atoms with Crippen LogP contribution in [-0.2, 0) is 12.2 Å². The summed E-state index contributed by atoms with van der Waals surface area (Å²) in [6, 6.07) is 12.1. The molecule has 0 saturated heterocycles. The molecular weight excluding hydrogens is 302 g/mol. The molecule has 0 fully saturated rings. The van der Waals surface area contributed by atoms with Crippen molar-refractivity contribution in [1.29, 1.82) is 5.26 Å². The molecule has 3 rings (SSSR count). The standard InChI is InChI=1S/C14H11N5S2/c15-7-6-13-17-11(8-20-13)9-21-14-18-16-10-19(14)12-4-2-1-3-5-12/h1-5,8,10H,6,9H2. The fourth-order valence-corrected chi connectivity index (χ4v) is 3.44. The minimum atomic E-state index is 0.371. The monoisotopic (exact) mass is 313 g/mol. The molecule has 2 aromatic heterocycles. The van der Waals surface area contributed by atoms with Crippen molar-refractivity contribution < 1.29 is 0 Å². The highest BCUT2D eigenvalue weighted by molar-refractivity contribution is 7.98. The Kier molecular flexibility index (Phi) is 4.28. The van der Waals surface area contributed by atoms with E-state index in [9.17, 15) is 0 Å². The third-order valence-corrected chi connectivity index (χ3v) is 4.60. The summed E-state index contributed by atoms with van der Waals surface area (Å²) in [5.74, 6) is 0.716. The summed E-state index contributed by atoms with van der Waals surface area (Å²) in [5, 5.41) is 20.5. The van der Waals surface area contributed by atoms with E-state index in [4.69, 9.17) is 5.26 Å². The van der Waals surface area contributed by atoms with Crippen LogP contribution in [0.4, 0.5) is 0 Å². The summed E-state index contributed by atoms with van der Waals surface area (Å²) in [6.45, 7) is 0. The highest BCUT2D eigenvalue weighted by Crippen LogP contribution is 2.24. The second kappa shape index (κ2) is 6.52. The number of benzene rings is 1. The summed E-state index contributed by atoms with van der Waals surface area (Å²) in [7, 11) is 0. The topological polar surface area (TPSA) is 67.4 Å². The minimum Gasteiger partial charge on any atom is -0.277 e. The number of hydrogen-bond donors (Lipinski definition) is 0. The van der Waals surface area contributed by atoms with Gasteiger partial charge in [-0.05, 0) is 12.1 Å². The normalized spacial score (nSPS) is 10.4. The van der Waals surface area contributed by atoms with Gasteiger partial charge in [0.05, 0.1) is 18.2 Å². The van der Waals surface area contributed by atoms with Gasteiger partial charge in [-0.1, -0.05) is 30.0 Å². The van der Waals surface area contributed by atoms with Gasteiger partial charge in [0.15, 0.2) is 5.16 Å². The Bertz CT molecular complexity index is 757. The Morgan fingerprint density at radius 1 is 1.29 bits per heavy atom. The molecular formula is C14H11N5S2. The van der Waals surface area contributed by atoms with Crippen LogP contribution in [0.3, 0.4) is 0 Å². The Hall–Kier alpha value is -2.17. The quantitative estimate of drug-likeness (QED) is 0.677. The smallest absolute Gasteiger partial charge is 0.195 e. The molecule has 0 aliphatic rings. The molecule has 104 valence electrons. The van der Waals surface area contributed by atoms with E-state index in [0.29, 0.717) is 12.2 Å².